The molecule has 0 aliphatic rings. The monoisotopic (exact) mass is 195 g/mol. The van der Waals surface area contributed by atoms with Crippen molar-refractivity contribution in [3.63, 3.8) is 0 Å². The summed E-state index contributed by atoms with van der Waals surface area (Å²) in [5.41, 5.74) is 7.58. The van der Waals surface area contributed by atoms with E-state index in [1.54, 1.807) is 0 Å². The van der Waals surface area contributed by atoms with Crippen LogP contribution < -0.4 is 10.5 Å². The number of para-hydroxylation sites is 1. The van der Waals surface area contributed by atoms with Crippen molar-refractivity contribution in [1.29, 1.82) is 0 Å². The first-order chi connectivity index (χ1) is 6.75. The van der Waals surface area contributed by atoms with E-state index in [0.29, 0.717) is 25.5 Å². The molecule has 0 amide bonds. The maximum Gasteiger partial charge on any atom is 0.142 e. The fourth-order valence-corrected chi connectivity index (χ4v) is 1.13. The Hall–Kier alpha value is -1.22. The van der Waals surface area contributed by atoms with Gasteiger partial charge in [-0.2, -0.15) is 0 Å². The van der Waals surface area contributed by atoms with Gasteiger partial charge >= 0.3 is 0 Å². The second-order valence-electron chi connectivity index (χ2n) is 3.03. The molecule has 0 unspecified atom stereocenters. The Labute approximate surface area is 84.8 Å². The van der Waals surface area contributed by atoms with E-state index in [0.717, 1.165) is 11.3 Å². The van der Waals surface area contributed by atoms with Gasteiger partial charge in [0.2, 0.25) is 0 Å². The lowest BCUT2D eigenvalue weighted by molar-refractivity contribution is 0.110. The molecule has 0 aromatic heterocycles. The van der Waals surface area contributed by atoms with Crippen LogP contribution in [0.2, 0.25) is 0 Å². The zero-order valence-electron chi connectivity index (χ0n) is 8.75. The summed E-state index contributed by atoms with van der Waals surface area (Å²) in [5, 5.41) is 0. The maximum atomic E-state index is 5.83. The van der Waals surface area contributed by atoms with Crippen molar-refractivity contribution in [2.24, 2.45) is 0 Å². The van der Waals surface area contributed by atoms with Gasteiger partial charge in [0.15, 0.2) is 0 Å². The molecule has 1 rings (SSSR count). The van der Waals surface area contributed by atoms with Gasteiger partial charge < -0.3 is 15.2 Å². The number of hydrogen-bond acceptors (Lipinski definition) is 3. The normalized spacial score (nSPS) is 10.1. The highest BCUT2D eigenvalue weighted by Crippen LogP contribution is 2.23. The summed E-state index contributed by atoms with van der Waals surface area (Å²) in [6, 6.07) is 5.76. The number of benzene rings is 1. The van der Waals surface area contributed by atoms with Crippen molar-refractivity contribution < 1.29 is 9.47 Å². The van der Waals surface area contributed by atoms with Crippen LogP contribution in [0.4, 0.5) is 5.69 Å². The van der Waals surface area contributed by atoms with Gasteiger partial charge in [0.1, 0.15) is 12.4 Å². The summed E-state index contributed by atoms with van der Waals surface area (Å²) in [4.78, 5) is 0. The third kappa shape index (κ3) is 2.92. The van der Waals surface area contributed by atoms with Gasteiger partial charge in [0.25, 0.3) is 0 Å². The predicted octanol–water partition coefficient (Wildman–Crippen LogP) is 1.99. The second-order valence-corrected chi connectivity index (χ2v) is 3.03. The number of nitrogen functional groups attached to an aromatic ring is 1. The summed E-state index contributed by atoms with van der Waals surface area (Å²) >= 11 is 0. The van der Waals surface area contributed by atoms with E-state index in [2.05, 4.69) is 0 Å². The third-order valence-corrected chi connectivity index (χ3v) is 1.97. The Balaban J connectivity index is 2.46. The van der Waals surface area contributed by atoms with E-state index in [9.17, 15) is 0 Å². The van der Waals surface area contributed by atoms with Crippen LogP contribution in [0.3, 0.4) is 0 Å². The zero-order chi connectivity index (χ0) is 10.4. The molecule has 0 spiro atoms. The zero-order valence-corrected chi connectivity index (χ0v) is 8.75. The lowest BCUT2D eigenvalue weighted by atomic mass is 10.2. The van der Waals surface area contributed by atoms with Gasteiger partial charge in [0.05, 0.1) is 12.3 Å². The molecule has 0 aliphatic carbocycles. The second kappa shape index (κ2) is 5.50. The molecule has 78 valence electrons. The van der Waals surface area contributed by atoms with Crippen LogP contribution in [0.25, 0.3) is 0 Å². The van der Waals surface area contributed by atoms with Crippen LogP contribution in [-0.4, -0.2) is 19.8 Å². The van der Waals surface area contributed by atoms with Gasteiger partial charge in [-0.15, -0.1) is 0 Å². The molecule has 1 aromatic rings. The van der Waals surface area contributed by atoms with Crippen molar-refractivity contribution in [2.45, 2.75) is 13.8 Å². The van der Waals surface area contributed by atoms with E-state index >= 15 is 0 Å². The molecule has 0 bridgehead atoms. The first-order valence-electron chi connectivity index (χ1n) is 4.81. The Morgan fingerprint density at radius 1 is 1.29 bits per heavy atom. The molecule has 0 aliphatic heterocycles. The number of hydrogen-bond donors (Lipinski definition) is 1. The van der Waals surface area contributed by atoms with Crippen molar-refractivity contribution in [3.05, 3.63) is 23.8 Å². The van der Waals surface area contributed by atoms with Gasteiger partial charge in [-0.3, -0.25) is 0 Å². The molecule has 0 fully saturated rings. The molecular weight excluding hydrogens is 178 g/mol. The molecule has 0 saturated carbocycles. The number of rotatable bonds is 5. The van der Waals surface area contributed by atoms with E-state index < -0.39 is 0 Å². The number of aryl methyl sites for hydroxylation is 1. The maximum absolute atomic E-state index is 5.83. The highest BCUT2D eigenvalue weighted by atomic mass is 16.5. The van der Waals surface area contributed by atoms with E-state index in [1.807, 2.05) is 32.0 Å². The highest BCUT2D eigenvalue weighted by Gasteiger charge is 2.01. The molecule has 0 atom stereocenters. The van der Waals surface area contributed by atoms with Crippen LogP contribution in [0.15, 0.2) is 18.2 Å². The minimum atomic E-state index is 0.543. The standard InChI is InChI=1S/C11H17NO2/c1-3-13-7-8-14-10-6-4-5-9(2)11(10)12/h4-6H,3,7-8,12H2,1-2H3. The average Bonchev–Trinajstić information content (AvgIpc) is 2.19. The van der Waals surface area contributed by atoms with Crippen LogP contribution in [0.1, 0.15) is 12.5 Å². The molecule has 0 heterocycles. The Bertz CT molecular complexity index is 287. The summed E-state index contributed by atoms with van der Waals surface area (Å²) in [6.07, 6.45) is 0. The lowest BCUT2D eigenvalue weighted by Crippen LogP contribution is -2.07. The first-order valence-corrected chi connectivity index (χ1v) is 4.81. The van der Waals surface area contributed by atoms with Crippen molar-refractivity contribution in [2.75, 3.05) is 25.6 Å². The Morgan fingerprint density at radius 3 is 2.79 bits per heavy atom. The van der Waals surface area contributed by atoms with Crippen LogP contribution in [-0.2, 0) is 4.74 Å². The number of ether oxygens (including phenoxy) is 2. The fourth-order valence-electron chi connectivity index (χ4n) is 1.13. The van der Waals surface area contributed by atoms with Crippen LogP contribution in [0, 0.1) is 6.92 Å². The summed E-state index contributed by atoms with van der Waals surface area (Å²) < 4.78 is 10.6. The molecule has 2 N–H and O–H groups in total. The van der Waals surface area contributed by atoms with Gasteiger partial charge in [-0.1, -0.05) is 12.1 Å². The molecule has 1 aromatic carbocycles. The summed E-state index contributed by atoms with van der Waals surface area (Å²) in [7, 11) is 0. The molecule has 0 radical (unpaired) electrons. The Kier molecular flexibility index (Phi) is 4.26. The molecule has 3 heteroatoms. The molecule has 3 nitrogen and oxygen atoms in total. The first kappa shape index (κ1) is 10.9. The number of anilines is 1. The minimum absolute atomic E-state index is 0.543. The minimum Gasteiger partial charge on any atom is -0.489 e. The van der Waals surface area contributed by atoms with E-state index in [1.165, 1.54) is 0 Å². The third-order valence-electron chi connectivity index (χ3n) is 1.97. The summed E-state index contributed by atoms with van der Waals surface area (Å²) in [6.45, 7) is 5.78. The summed E-state index contributed by atoms with van der Waals surface area (Å²) in [5.74, 6) is 0.740. The van der Waals surface area contributed by atoms with E-state index in [4.69, 9.17) is 15.2 Å². The van der Waals surface area contributed by atoms with Crippen molar-refractivity contribution in [3.8, 4) is 5.75 Å². The molecule has 14 heavy (non-hydrogen) atoms. The van der Waals surface area contributed by atoms with Gasteiger partial charge in [0, 0.05) is 6.61 Å². The largest absolute Gasteiger partial charge is 0.489 e. The van der Waals surface area contributed by atoms with E-state index in [-0.39, 0.29) is 0 Å². The molecular formula is C11H17NO2. The van der Waals surface area contributed by atoms with Crippen LogP contribution in [0.5, 0.6) is 5.75 Å². The fraction of sp³-hybridized carbons (Fsp3) is 0.455. The SMILES string of the molecule is CCOCCOc1cccc(C)c1N. The molecule has 0 saturated heterocycles. The predicted molar refractivity (Wildman–Crippen MR) is 57.6 cm³/mol. The highest BCUT2D eigenvalue weighted by molar-refractivity contribution is 5.57. The lowest BCUT2D eigenvalue weighted by Gasteiger charge is -2.10. The number of nitrogens with two attached hydrogens (primary N) is 1. The van der Waals surface area contributed by atoms with Crippen LogP contribution >= 0.6 is 0 Å². The van der Waals surface area contributed by atoms with Crippen molar-refractivity contribution >= 4 is 5.69 Å². The Morgan fingerprint density at radius 2 is 2.07 bits per heavy atom. The van der Waals surface area contributed by atoms with Gasteiger partial charge in [-0.05, 0) is 25.5 Å². The topological polar surface area (TPSA) is 44.5 Å². The quantitative estimate of drug-likeness (QED) is 0.577. The smallest absolute Gasteiger partial charge is 0.142 e. The average molecular weight is 195 g/mol. The van der Waals surface area contributed by atoms with Gasteiger partial charge in [-0.25, -0.2) is 0 Å². The van der Waals surface area contributed by atoms with Crippen molar-refractivity contribution in [1.82, 2.24) is 0 Å².